The molecule has 2 heterocycles. The normalized spacial score (nSPS) is 17.7. The van der Waals surface area contributed by atoms with Crippen LogP contribution in [0.15, 0.2) is 27.4 Å². The van der Waals surface area contributed by atoms with Crippen LogP contribution in [-0.4, -0.2) is 43.8 Å². The molecule has 4 rings (SSSR count). The summed E-state index contributed by atoms with van der Waals surface area (Å²) in [6.45, 7) is 6.08. The molecule has 1 amide bonds. The van der Waals surface area contributed by atoms with Gasteiger partial charge in [0.15, 0.2) is 0 Å². The first kappa shape index (κ1) is 18.0. The average molecular weight is 371 g/mol. The number of nitrogens with zero attached hydrogens (tertiary/aromatic N) is 1. The van der Waals surface area contributed by atoms with Crippen LogP contribution in [0.25, 0.3) is 11.0 Å². The number of piperazine rings is 1. The molecule has 1 fully saturated rings. The quantitative estimate of drug-likeness (QED) is 0.831. The fourth-order valence-electron chi connectivity index (χ4n) is 4.27. The minimum Gasteiger partial charge on any atom is -0.450 e. The Morgan fingerprint density at radius 3 is 2.56 bits per heavy atom. The van der Waals surface area contributed by atoms with E-state index in [1.165, 1.54) is 28.9 Å². The van der Waals surface area contributed by atoms with Gasteiger partial charge < -0.3 is 14.1 Å². The second-order valence-corrected chi connectivity index (χ2v) is 7.53. The molecular weight excluding hydrogens is 344 g/mol. The van der Waals surface area contributed by atoms with Gasteiger partial charge in [0.2, 0.25) is 0 Å². The van der Waals surface area contributed by atoms with Crippen molar-refractivity contribution in [1.29, 1.82) is 0 Å². The molecule has 0 atom stereocenters. The summed E-state index contributed by atoms with van der Waals surface area (Å²) < 4.78 is 10.6. The maximum Gasteiger partial charge on any atom is 0.410 e. The zero-order valence-electron chi connectivity index (χ0n) is 15.9. The van der Waals surface area contributed by atoms with E-state index in [9.17, 15) is 9.59 Å². The highest BCUT2D eigenvalue weighted by Gasteiger charge is 2.25. The van der Waals surface area contributed by atoms with E-state index in [4.69, 9.17) is 9.15 Å². The molecular formula is C21H27N2O4+. The molecule has 1 aromatic heterocycles. The van der Waals surface area contributed by atoms with Gasteiger partial charge in [-0.25, -0.2) is 9.59 Å². The molecule has 0 saturated carbocycles. The second-order valence-electron chi connectivity index (χ2n) is 7.53. The molecule has 144 valence electrons. The highest BCUT2D eigenvalue weighted by atomic mass is 16.6. The summed E-state index contributed by atoms with van der Waals surface area (Å²) in [6, 6.07) is 5.95. The van der Waals surface area contributed by atoms with Crippen LogP contribution in [0.5, 0.6) is 0 Å². The summed E-state index contributed by atoms with van der Waals surface area (Å²) in [7, 11) is 0. The van der Waals surface area contributed by atoms with Gasteiger partial charge in [-0.15, -0.1) is 0 Å². The largest absolute Gasteiger partial charge is 0.450 e. The Morgan fingerprint density at radius 1 is 1.15 bits per heavy atom. The second kappa shape index (κ2) is 7.72. The van der Waals surface area contributed by atoms with Gasteiger partial charge in [-0.2, -0.15) is 0 Å². The zero-order valence-corrected chi connectivity index (χ0v) is 15.9. The number of carbonyl (C=O) groups is 1. The lowest BCUT2D eigenvalue weighted by molar-refractivity contribution is -0.917. The fourth-order valence-corrected chi connectivity index (χ4v) is 4.27. The SMILES string of the molecule is CCOC(=O)N1CC[NH+](Cc2cc(=O)oc3cc4c(cc23)CCCC4)CC1. The topological polar surface area (TPSA) is 64.2 Å². The molecule has 2 aliphatic rings. The molecule has 1 aliphatic heterocycles. The zero-order chi connectivity index (χ0) is 18.8. The van der Waals surface area contributed by atoms with Gasteiger partial charge in [0.25, 0.3) is 0 Å². The van der Waals surface area contributed by atoms with Gasteiger partial charge in [-0.05, 0) is 55.9 Å². The van der Waals surface area contributed by atoms with Crippen LogP contribution in [0.1, 0.15) is 36.5 Å². The molecule has 6 nitrogen and oxygen atoms in total. The van der Waals surface area contributed by atoms with Crippen molar-refractivity contribution in [3.63, 3.8) is 0 Å². The maximum absolute atomic E-state index is 12.1. The lowest BCUT2D eigenvalue weighted by Gasteiger charge is -2.31. The average Bonchev–Trinajstić information content (AvgIpc) is 2.67. The molecule has 1 saturated heterocycles. The van der Waals surface area contributed by atoms with Crippen LogP contribution in [0.4, 0.5) is 4.79 Å². The third kappa shape index (κ3) is 3.86. The van der Waals surface area contributed by atoms with Crippen molar-refractivity contribution in [2.75, 3.05) is 32.8 Å². The summed E-state index contributed by atoms with van der Waals surface area (Å²) in [5.74, 6) is 0. The number of amides is 1. The maximum atomic E-state index is 12.1. The predicted octanol–water partition coefficient (Wildman–Crippen LogP) is 1.53. The van der Waals surface area contributed by atoms with E-state index >= 15 is 0 Å². The minimum atomic E-state index is -0.280. The summed E-state index contributed by atoms with van der Waals surface area (Å²) in [5, 5.41) is 1.07. The predicted molar refractivity (Wildman–Crippen MR) is 102 cm³/mol. The number of nitrogens with one attached hydrogen (secondary N) is 1. The van der Waals surface area contributed by atoms with Gasteiger partial charge >= 0.3 is 11.7 Å². The Morgan fingerprint density at radius 2 is 1.85 bits per heavy atom. The van der Waals surface area contributed by atoms with Crippen molar-refractivity contribution >= 4 is 17.1 Å². The summed E-state index contributed by atoms with van der Waals surface area (Å²) in [5.41, 5.74) is 4.20. The molecule has 0 bridgehead atoms. The van der Waals surface area contributed by atoms with Crippen LogP contribution in [-0.2, 0) is 24.1 Å². The monoisotopic (exact) mass is 371 g/mol. The van der Waals surface area contributed by atoms with Crippen LogP contribution in [0.3, 0.4) is 0 Å². The first-order valence-corrected chi connectivity index (χ1v) is 9.98. The minimum absolute atomic E-state index is 0.228. The standard InChI is InChI=1S/C21H26N2O4/c1-2-26-21(25)23-9-7-22(8-10-23)14-17-13-20(24)27-19-12-16-6-4-3-5-15(16)11-18(17)19/h11-13H,2-10,14H2,1H3/p+1. The van der Waals surface area contributed by atoms with Crippen molar-refractivity contribution in [2.45, 2.75) is 39.2 Å². The van der Waals surface area contributed by atoms with E-state index in [0.29, 0.717) is 25.3 Å². The Balaban J connectivity index is 1.54. The van der Waals surface area contributed by atoms with E-state index < -0.39 is 0 Å². The lowest BCUT2D eigenvalue weighted by atomic mass is 9.90. The van der Waals surface area contributed by atoms with Gasteiger partial charge in [0.1, 0.15) is 12.1 Å². The Kier molecular flexibility index (Phi) is 5.16. The molecule has 1 N–H and O–H groups in total. The third-order valence-corrected chi connectivity index (χ3v) is 5.73. The van der Waals surface area contributed by atoms with Crippen molar-refractivity contribution in [2.24, 2.45) is 0 Å². The van der Waals surface area contributed by atoms with Crippen molar-refractivity contribution in [3.8, 4) is 0 Å². The van der Waals surface area contributed by atoms with Gasteiger partial charge in [0, 0.05) is 17.0 Å². The van der Waals surface area contributed by atoms with Crippen molar-refractivity contribution < 1.29 is 18.8 Å². The number of hydrogen-bond acceptors (Lipinski definition) is 4. The summed E-state index contributed by atoms with van der Waals surface area (Å²) >= 11 is 0. The molecule has 0 spiro atoms. The first-order chi connectivity index (χ1) is 13.1. The smallest absolute Gasteiger partial charge is 0.410 e. The van der Waals surface area contributed by atoms with Gasteiger partial charge in [-0.1, -0.05) is 0 Å². The number of carbonyl (C=O) groups excluding carboxylic acids is 1. The first-order valence-electron chi connectivity index (χ1n) is 9.98. The molecule has 1 aromatic carbocycles. The fraction of sp³-hybridized carbons (Fsp3) is 0.524. The lowest BCUT2D eigenvalue weighted by Crippen LogP contribution is -3.13. The van der Waals surface area contributed by atoms with E-state index in [1.54, 1.807) is 11.0 Å². The van der Waals surface area contributed by atoms with Gasteiger partial charge in [0.05, 0.1) is 32.8 Å². The number of hydrogen-bond donors (Lipinski definition) is 1. The highest BCUT2D eigenvalue weighted by molar-refractivity contribution is 5.82. The number of aryl methyl sites for hydroxylation is 2. The number of benzene rings is 1. The molecule has 27 heavy (non-hydrogen) atoms. The summed E-state index contributed by atoms with van der Waals surface area (Å²) in [6.07, 6.45) is 4.38. The molecule has 1 aliphatic carbocycles. The van der Waals surface area contributed by atoms with E-state index in [2.05, 4.69) is 12.1 Å². The van der Waals surface area contributed by atoms with Crippen molar-refractivity contribution in [3.05, 3.63) is 45.3 Å². The number of quaternary nitrogens is 1. The van der Waals surface area contributed by atoms with Crippen LogP contribution >= 0.6 is 0 Å². The molecule has 0 unspecified atom stereocenters. The number of rotatable bonds is 3. The molecule has 6 heteroatoms. The number of fused-ring (bicyclic) bond motifs is 2. The van der Waals surface area contributed by atoms with E-state index in [0.717, 1.165) is 43.4 Å². The highest BCUT2D eigenvalue weighted by Crippen LogP contribution is 2.27. The van der Waals surface area contributed by atoms with Crippen LogP contribution in [0, 0.1) is 0 Å². The van der Waals surface area contributed by atoms with E-state index in [-0.39, 0.29) is 11.7 Å². The number of ether oxygens (including phenoxy) is 1. The molecule has 2 aromatic rings. The van der Waals surface area contributed by atoms with Gasteiger partial charge in [-0.3, -0.25) is 4.90 Å². The molecule has 0 radical (unpaired) electrons. The van der Waals surface area contributed by atoms with Crippen molar-refractivity contribution in [1.82, 2.24) is 4.90 Å². The Labute approximate surface area is 158 Å². The Hall–Kier alpha value is -2.34. The van der Waals surface area contributed by atoms with Crippen LogP contribution < -0.4 is 10.5 Å². The Bertz CT molecular complexity index is 897. The third-order valence-electron chi connectivity index (χ3n) is 5.73. The van der Waals surface area contributed by atoms with E-state index in [1.807, 2.05) is 6.92 Å². The van der Waals surface area contributed by atoms with Crippen LogP contribution in [0.2, 0.25) is 0 Å². The summed E-state index contributed by atoms with van der Waals surface area (Å²) in [4.78, 5) is 27.1.